The van der Waals surface area contributed by atoms with Crippen LogP contribution in [-0.4, -0.2) is 28.6 Å². The number of unbranched alkanes of at least 4 members (excludes halogenated alkanes) is 1. The molecule has 8 nitrogen and oxygen atoms in total. The first-order valence-electron chi connectivity index (χ1n) is 9.71. The zero-order valence-corrected chi connectivity index (χ0v) is 16.0. The zero-order valence-electron chi connectivity index (χ0n) is 16.0. The summed E-state index contributed by atoms with van der Waals surface area (Å²) in [6.45, 7) is 4.60. The lowest BCUT2D eigenvalue weighted by Crippen LogP contribution is -2.35. The van der Waals surface area contributed by atoms with Gasteiger partial charge in [0, 0.05) is 5.92 Å². The van der Waals surface area contributed by atoms with Gasteiger partial charge in [0.2, 0.25) is 23.6 Å². The fraction of sp³-hybridized carbons (Fsp3) is 0.778. The van der Waals surface area contributed by atoms with Gasteiger partial charge in [-0.25, -0.2) is 0 Å². The molecule has 1 aliphatic carbocycles. The Morgan fingerprint density at radius 2 is 1.88 bits per heavy atom. The number of aromatic nitrogens is 2. The first kappa shape index (κ1) is 22.1. The van der Waals surface area contributed by atoms with E-state index < -0.39 is 5.91 Å². The van der Waals surface area contributed by atoms with E-state index in [2.05, 4.69) is 15.5 Å². The van der Waals surface area contributed by atoms with Gasteiger partial charge in [0.1, 0.15) is 12.5 Å². The summed E-state index contributed by atoms with van der Waals surface area (Å²) in [5, 5.41) is 10.8. The Hall–Kier alpha value is -1.96. The van der Waals surface area contributed by atoms with Crippen LogP contribution in [0.5, 0.6) is 0 Å². The lowest BCUT2D eigenvalue weighted by atomic mass is 9.88. The summed E-state index contributed by atoms with van der Waals surface area (Å²) < 4.78 is 5.51. The summed E-state index contributed by atoms with van der Waals surface area (Å²) in [4.78, 5) is 23.5. The van der Waals surface area contributed by atoms with Crippen LogP contribution >= 0.6 is 0 Å². The summed E-state index contributed by atoms with van der Waals surface area (Å²) in [7, 11) is 0. The van der Waals surface area contributed by atoms with Crippen LogP contribution in [0.4, 0.5) is 0 Å². The minimum absolute atomic E-state index is 0.0436. The highest BCUT2D eigenvalue weighted by atomic mass is 16.4. The molecular formula is C18H33N5O3. The molecule has 1 unspecified atom stereocenters. The molecule has 0 spiro atoms. The number of hydrogen-bond acceptors (Lipinski definition) is 6. The van der Waals surface area contributed by atoms with Crippen molar-refractivity contribution in [2.75, 3.05) is 6.54 Å². The van der Waals surface area contributed by atoms with Crippen molar-refractivity contribution in [2.24, 2.45) is 17.4 Å². The van der Waals surface area contributed by atoms with Gasteiger partial charge >= 0.3 is 0 Å². The van der Waals surface area contributed by atoms with Crippen molar-refractivity contribution in [2.45, 2.75) is 77.7 Å². The predicted octanol–water partition coefficient (Wildman–Crippen LogP) is 1.99. The van der Waals surface area contributed by atoms with Crippen LogP contribution in [0.1, 0.15) is 83.0 Å². The minimum atomic E-state index is -0.531. The minimum Gasteiger partial charge on any atom is -0.422 e. The monoisotopic (exact) mass is 367 g/mol. The molecule has 26 heavy (non-hydrogen) atoms. The van der Waals surface area contributed by atoms with Gasteiger partial charge in [-0.15, -0.1) is 10.2 Å². The summed E-state index contributed by atoms with van der Waals surface area (Å²) in [6, 6.07) is -0.347. The number of hydrogen-bond donors (Lipinski definition) is 3. The van der Waals surface area contributed by atoms with Crippen LogP contribution in [0.25, 0.3) is 0 Å². The van der Waals surface area contributed by atoms with E-state index in [9.17, 15) is 9.59 Å². The van der Waals surface area contributed by atoms with E-state index in [-0.39, 0.29) is 30.2 Å². The molecular weight excluding hydrogens is 334 g/mol. The third-order valence-corrected chi connectivity index (χ3v) is 4.35. The van der Waals surface area contributed by atoms with Crippen molar-refractivity contribution in [1.29, 1.82) is 0 Å². The smallest absolute Gasteiger partial charge is 0.238 e. The molecule has 2 rings (SSSR count). The fourth-order valence-electron chi connectivity index (χ4n) is 3.03. The highest BCUT2D eigenvalue weighted by Gasteiger charge is 2.26. The second kappa shape index (κ2) is 12.4. The van der Waals surface area contributed by atoms with Crippen LogP contribution in [0.3, 0.4) is 0 Å². The molecule has 0 aliphatic heterocycles. The molecule has 5 N–H and O–H groups in total. The van der Waals surface area contributed by atoms with Crippen molar-refractivity contribution in [1.82, 2.24) is 15.5 Å². The Kier molecular flexibility index (Phi) is 10.5. The van der Waals surface area contributed by atoms with Gasteiger partial charge in [0.25, 0.3) is 0 Å². The predicted molar refractivity (Wildman–Crippen MR) is 98.9 cm³/mol. The second-order valence-electron chi connectivity index (χ2n) is 6.36. The van der Waals surface area contributed by atoms with Gasteiger partial charge in [0.05, 0.1) is 0 Å². The number of nitrogens with one attached hydrogen (secondary N) is 1. The normalized spacial score (nSPS) is 15.7. The molecule has 0 saturated heterocycles. The largest absolute Gasteiger partial charge is 0.422 e. The average Bonchev–Trinajstić information content (AvgIpc) is 3.11. The van der Waals surface area contributed by atoms with E-state index >= 15 is 0 Å². The maximum Gasteiger partial charge on any atom is 0.238 e. The number of nitrogens with two attached hydrogens (primary N) is 2. The number of nitrogens with zero attached hydrogens (tertiary/aromatic N) is 2. The maximum absolute atomic E-state index is 12.5. The van der Waals surface area contributed by atoms with Crippen molar-refractivity contribution >= 4 is 11.8 Å². The topological polar surface area (TPSA) is 137 Å². The molecule has 1 saturated carbocycles. The van der Waals surface area contributed by atoms with Crippen LogP contribution < -0.4 is 16.8 Å². The number of carbonyl (C=O) groups is 2. The quantitative estimate of drug-likeness (QED) is 0.571. The zero-order chi connectivity index (χ0) is 19.4. The Labute approximate surface area is 155 Å². The van der Waals surface area contributed by atoms with Gasteiger partial charge in [-0.2, -0.15) is 0 Å². The molecule has 1 aromatic rings. The highest BCUT2D eigenvalue weighted by Crippen LogP contribution is 2.26. The van der Waals surface area contributed by atoms with Gasteiger partial charge in [0.15, 0.2) is 0 Å². The van der Waals surface area contributed by atoms with Crippen molar-refractivity contribution in [3.8, 4) is 0 Å². The first-order valence-corrected chi connectivity index (χ1v) is 9.71. The maximum atomic E-state index is 12.5. The molecule has 2 amide bonds. The fourth-order valence-corrected chi connectivity index (χ4v) is 3.03. The van der Waals surface area contributed by atoms with Crippen molar-refractivity contribution in [3.63, 3.8) is 0 Å². The van der Waals surface area contributed by atoms with E-state index in [0.29, 0.717) is 18.9 Å². The third kappa shape index (κ3) is 7.51. The van der Waals surface area contributed by atoms with Gasteiger partial charge in [-0.05, 0) is 38.6 Å². The van der Waals surface area contributed by atoms with Crippen molar-refractivity contribution in [3.05, 3.63) is 11.8 Å². The number of carbonyl (C=O) groups excluding carboxylic acids is 2. The summed E-state index contributed by atoms with van der Waals surface area (Å²) >= 11 is 0. The molecule has 1 atom stereocenters. The highest BCUT2D eigenvalue weighted by molar-refractivity contribution is 5.79. The van der Waals surface area contributed by atoms with E-state index in [4.69, 9.17) is 15.9 Å². The number of primary amides is 1. The summed E-state index contributed by atoms with van der Waals surface area (Å²) in [6.07, 6.45) is 7.53. The van der Waals surface area contributed by atoms with E-state index in [1.165, 1.54) is 6.42 Å². The molecule has 0 radical (unpaired) electrons. The van der Waals surface area contributed by atoms with E-state index in [1.807, 2.05) is 13.8 Å². The molecule has 1 heterocycles. The lowest BCUT2D eigenvalue weighted by Gasteiger charge is -2.23. The molecule has 0 aromatic carbocycles. The molecule has 1 fully saturated rings. The summed E-state index contributed by atoms with van der Waals surface area (Å²) in [5.41, 5.74) is 10.7. The first-order chi connectivity index (χ1) is 12.6. The number of amides is 2. The third-order valence-electron chi connectivity index (χ3n) is 4.35. The standard InChI is InChI=1S/C16H27N5O3.C2H6/c17-9-5-4-8-12(16-21-20-14(24-16)10-13(18)22)19-15(23)11-6-2-1-3-7-11;1-2/h11-12H,1-10,17H2,(H2,18,22)(H,19,23);1-2H3. The Balaban J connectivity index is 0.00000163. The number of rotatable bonds is 9. The second-order valence-corrected chi connectivity index (χ2v) is 6.36. The van der Waals surface area contributed by atoms with Gasteiger partial charge < -0.3 is 21.2 Å². The van der Waals surface area contributed by atoms with E-state index in [1.54, 1.807) is 0 Å². The van der Waals surface area contributed by atoms with Gasteiger partial charge in [-0.1, -0.05) is 33.1 Å². The molecule has 8 heteroatoms. The summed E-state index contributed by atoms with van der Waals surface area (Å²) in [5.74, 6) is 0.0719. The molecule has 1 aliphatic rings. The Bertz CT molecular complexity index is 541. The van der Waals surface area contributed by atoms with E-state index in [0.717, 1.165) is 38.5 Å². The van der Waals surface area contributed by atoms with Crippen molar-refractivity contribution < 1.29 is 14.0 Å². The van der Waals surface area contributed by atoms with Crippen LogP contribution in [-0.2, 0) is 16.0 Å². The average molecular weight is 367 g/mol. The Morgan fingerprint density at radius 3 is 2.50 bits per heavy atom. The molecule has 1 aromatic heterocycles. The molecule has 0 bridgehead atoms. The lowest BCUT2D eigenvalue weighted by molar-refractivity contribution is -0.127. The van der Waals surface area contributed by atoms with Crippen LogP contribution in [0, 0.1) is 5.92 Å². The Morgan fingerprint density at radius 1 is 1.19 bits per heavy atom. The van der Waals surface area contributed by atoms with Crippen LogP contribution in [0.2, 0.25) is 0 Å². The molecule has 148 valence electrons. The SMILES string of the molecule is CC.NCCCCC(NC(=O)C1CCCCC1)c1nnc(CC(N)=O)o1. The van der Waals surface area contributed by atoms with Crippen LogP contribution in [0.15, 0.2) is 4.42 Å². The van der Waals surface area contributed by atoms with Gasteiger partial charge in [-0.3, -0.25) is 9.59 Å².